The highest BCUT2D eigenvalue weighted by atomic mass is 79.9. The van der Waals surface area contributed by atoms with Gasteiger partial charge in [-0.1, -0.05) is 22.0 Å². The van der Waals surface area contributed by atoms with Gasteiger partial charge in [0.1, 0.15) is 0 Å². The molecule has 0 fully saturated rings. The van der Waals surface area contributed by atoms with Crippen LogP contribution in [0.2, 0.25) is 0 Å². The van der Waals surface area contributed by atoms with E-state index in [-0.39, 0.29) is 11.1 Å². The Morgan fingerprint density at radius 2 is 2.17 bits per heavy atom. The van der Waals surface area contributed by atoms with Gasteiger partial charge >= 0.3 is 5.97 Å². The second kappa shape index (κ2) is 6.31. The molecule has 0 aliphatic rings. The average Bonchev–Trinajstić information content (AvgIpc) is 2.27. The van der Waals surface area contributed by atoms with E-state index in [2.05, 4.69) is 35.1 Å². The molecule has 0 bridgehead atoms. The van der Waals surface area contributed by atoms with Crippen molar-refractivity contribution in [2.24, 2.45) is 0 Å². The van der Waals surface area contributed by atoms with Crippen molar-refractivity contribution in [1.29, 1.82) is 0 Å². The summed E-state index contributed by atoms with van der Waals surface area (Å²) in [5.74, 6) is -0.921. The van der Waals surface area contributed by atoms with Crippen molar-refractivity contribution in [3.05, 3.63) is 33.8 Å². The van der Waals surface area contributed by atoms with Gasteiger partial charge in [-0.2, -0.15) is 0 Å². The number of carboxylic acid groups (broad SMARTS) is 1. The molecule has 1 aromatic carbocycles. The van der Waals surface area contributed by atoms with E-state index in [4.69, 9.17) is 9.84 Å². The Balaban J connectivity index is 2.71. The van der Waals surface area contributed by atoms with Crippen molar-refractivity contribution in [2.45, 2.75) is 25.9 Å². The van der Waals surface area contributed by atoms with Crippen molar-refractivity contribution < 1.29 is 14.6 Å². The predicted molar refractivity (Wildman–Crippen MR) is 73.9 cm³/mol. The Morgan fingerprint density at radius 1 is 1.50 bits per heavy atom. The summed E-state index contributed by atoms with van der Waals surface area (Å²) in [6, 6.07) is 5.03. The van der Waals surface area contributed by atoms with Gasteiger partial charge in [0, 0.05) is 23.7 Å². The zero-order chi connectivity index (χ0) is 13.8. The van der Waals surface area contributed by atoms with E-state index in [9.17, 15) is 4.79 Å². The molecule has 2 N–H and O–H groups in total. The van der Waals surface area contributed by atoms with Crippen LogP contribution in [0.3, 0.4) is 0 Å². The van der Waals surface area contributed by atoms with Gasteiger partial charge in [0.2, 0.25) is 0 Å². The molecule has 0 amide bonds. The van der Waals surface area contributed by atoms with Gasteiger partial charge in [0.25, 0.3) is 0 Å². The number of carbonyl (C=O) groups is 1. The minimum absolute atomic E-state index is 0.125. The first-order chi connectivity index (χ1) is 8.35. The number of methoxy groups -OCH3 is 1. The van der Waals surface area contributed by atoms with Crippen LogP contribution in [0.4, 0.5) is 0 Å². The second-order valence-electron chi connectivity index (χ2n) is 4.78. The number of benzene rings is 1. The van der Waals surface area contributed by atoms with E-state index in [1.807, 2.05) is 6.07 Å². The molecule has 0 spiro atoms. The molecule has 0 heterocycles. The first-order valence-electron chi connectivity index (χ1n) is 5.61. The number of carboxylic acids is 1. The Hall–Kier alpha value is -0.910. The minimum Gasteiger partial charge on any atom is -0.478 e. The van der Waals surface area contributed by atoms with Crippen LogP contribution >= 0.6 is 15.9 Å². The second-order valence-corrected chi connectivity index (χ2v) is 5.64. The summed E-state index contributed by atoms with van der Waals surface area (Å²) in [5.41, 5.74) is 1.17. The third-order valence-corrected chi connectivity index (χ3v) is 3.30. The summed E-state index contributed by atoms with van der Waals surface area (Å²) in [5, 5.41) is 12.2. The van der Waals surface area contributed by atoms with Crippen LogP contribution in [0, 0.1) is 0 Å². The molecule has 0 aliphatic carbocycles. The van der Waals surface area contributed by atoms with Gasteiger partial charge in [0.05, 0.1) is 12.2 Å². The van der Waals surface area contributed by atoms with Gasteiger partial charge in [-0.25, -0.2) is 4.79 Å². The molecule has 100 valence electrons. The largest absolute Gasteiger partial charge is 0.478 e. The molecular formula is C13H18BrNO3. The fourth-order valence-electron chi connectivity index (χ4n) is 1.57. The van der Waals surface area contributed by atoms with Crippen molar-refractivity contribution in [1.82, 2.24) is 5.32 Å². The lowest BCUT2D eigenvalue weighted by Crippen LogP contribution is -2.42. The summed E-state index contributed by atoms with van der Waals surface area (Å²) < 4.78 is 5.92. The molecule has 0 atom stereocenters. The Morgan fingerprint density at radius 3 is 2.67 bits per heavy atom. The lowest BCUT2D eigenvalue weighted by molar-refractivity contribution is 0.0697. The third kappa shape index (κ3) is 4.40. The van der Waals surface area contributed by atoms with Gasteiger partial charge in [-0.05, 0) is 31.5 Å². The molecule has 18 heavy (non-hydrogen) atoms. The van der Waals surface area contributed by atoms with Crippen LogP contribution in [0.15, 0.2) is 22.7 Å². The fraction of sp³-hybridized carbons (Fsp3) is 0.462. The van der Waals surface area contributed by atoms with E-state index < -0.39 is 5.97 Å². The Bertz CT molecular complexity index is 432. The van der Waals surface area contributed by atoms with Gasteiger partial charge in [0.15, 0.2) is 0 Å². The maximum Gasteiger partial charge on any atom is 0.335 e. The zero-order valence-corrected chi connectivity index (χ0v) is 12.4. The predicted octanol–water partition coefficient (Wildman–Crippen LogP) is 2.66. The first kappa shape index (κ1) is 15.1. The molecule has 0 saturated heterocycles. The van der Waals surface area contributed by atoms with E-state index in [1.54, 1.807) is 19.2 Å². The van der Waals surface area contributed by atoms with Crippen LogP contribution in [-0.2, 0) is 11.3 Å². The number of halogens is 1. The van der Waals surface area contributed by atoms with E-state index >= 15 is 0 Å². The number of ether oxygens (including phenoxy) is 1. The molecular weight excluding hydrogens is 298 g/mol. The molecule has 1 aromatic rings. The molecule has 0 aromatic heterocycles. The van der Waals surface area contributed by atoms with Gasteiger partial charge in [-0.15, -0.1) is 0 Å². The molecule has 5 heteroatoms. The lowest BCUT2D eigenvalue weighted by atomic mass is 10.1. The van der Waals surface area contributed by atoms with Crippen molar-refractivity contribution in [2.75, 3.05) is 13.7 Å². The quantitative estimate of drug-likeness (QED) is 0.847. The molecule has 1 rings (SSSR count). The van der Waals surface area contributed by atoms with Gasteiger partial charge < -0.3 is 15.2 Å². The summed E-state index contributed by atoms with van der Waals surface area (Å²) >= 11 is 3.39. The third-order valence-electron chi connectivity index (χ3n) is 2.56. The maximum absolute atomic E-state index is 10.8. The van der Waals surface area contributed by atoms with Crippen molar-refractivity contribution in [3.63, 3.8) is 0 Å². The molecule has 0 radical (unpaired) electrons. The summed E-state index contributed by atoms with van der Waals surface area (Å²) in [6.07, 6.45) is 0. The highest BCUT2D eigenvalue weighted by molar-refractivity contribution is 9.10. The number of rotatable bonds is 6. The highest BCUT2D eigenvalue weighted by Gasteiger charge is 2.17. The van der Waals surface area contributed by atoms with Crippen LogP contribution in [-0.4, -0.2) is 30.3 Å². The van der Waals surface area contributed by atoms with Crippen LogP contribution in [0.25, 0.3) is 0 Å². The maximum atomic E-state index is 10.8. The van der Waals surface area contributed by atoms with Crippen LogP contribution in [0.1, 0.15) is 29.8 Å². The standard InChI is InChI=1S/C13H18BrNO3/c1-13(2,8-18-3)15-7-10-5-4-9(12(16)17)6-11(10)14/h4-6,15H,7-8H2,1-3H3,(H,16,17). The van der Waals surface area contributed by atoms with Crippen molar-refractivity contribution >= 4 is 21.9 Å². The Labute approximate surface area is 115 Å². The minimum atomic E-state index is -0.921. The summed E-state index contributed by atoms with van der Waals surface area (Å²) in [4.78, 5) is 10.8. The average molecular weight is 316 g/mol. The monoisotopic (exact) mass is 315 g/mol. The van der Waals surface area contributed by atoms with E-state index in [1.165, 1.54) is 0 Å². The summed E-state index contributed by atoms with van der Waals surface area (Å²) in [7, 11) is 1.67. The van der Waals surface area contributed by atoms with E-state index in [0.717, 1.165) is 10.0 Å². The van der Waals surface area contributed by atoms with Crippen LogP contribution < -0.4 is 5.32 Å². The molecule has 0 aliphatic heterocycles. The number of aromatic carboxylic acids is 1. The molecule has 0 saturated carbocycles. The topological polar surface area (TPSA) is 58.6 Å². The number of hydrogen-bond acceptors (Lipinski definition) is 3. The van der Waals surface area contributed by atoms with E-state index in [0.29, 0.717) is 13.2 Å². The van der Waals surface area contributed by atoms with Crippen LogP contribution in [0.5, 0.6) is 0 Å². The first-order valence-corrected chi connectivity index (χ1v) is 6.41. The smallest absolute Gasteiger partial charge is 0.335 e. The molecule has 0 unspecified atom stereocenters. The molecule has 4 nitrogen and oxygen atoms in total. The lowest BCUT2D eigenvalue weighted by Gasteiger charge is -2.25. The number of nitrogens with one attached hydrogen (secondary N) is 1. The zero-order valence-electron chi connectivity index (χ0n) is 10.8. The summed E-state index contributed by atoms with van der Waals surface area (Å²) in [6.45, 7) is 5.36. The van der Waals surface area contributed by atoms with Gasteiger partial charge in [-0.3, -0.25) is 0 Å². The Kier molecular flexibility index (Phi) is 5.31. The van der Waals surface area contributed by atoms with Crippen molar-refractivity contribution in [3.8, 4) is 0 Å². The fourth-order valence-corrected chi connectivity index (χ4v) is 2.09. The SMILES string of the molecule is COCC(C)(C)NCc1ccc(C(=O)O)cc1Br. The number of hydrogen-bond donors (Lipinski definition) is 2. The highest BCUT2D eigenvalue weighted by Crippen LogP contribution is 2.19. The normalized spacial score (nSPS) is 11.6.